The van der Waals surface area contributed by atoms with Crippen LogP contribution in [0.15, 0.2) is 65.5 Å². The van der Waals surface area contributed by atoms with Gasteiger partial charge in [-0.25, -0.2) is 0 Å². The number of anilines is 1. The molecule has 0 saturated carbocycles. The first-order valence-electron chi connectivity index (χ1n) is 11.0. The van der Waals surface area contributed by atoms with Gasteiger partial charge in [0.05, 0.1) is 11.6 Å². The zero-order valence-electron chi connectivity index (χ0n) is 18.8. The lowest BCUT2D eigenvalue weighted by Crippen LogP contribution is -2.48. The van der Waals surface area contributed by atoms with E-state index in [9.17, 15) is 9.59 Å². The maximum atomic E-state index is 13.0. The molecule has 0 bridgehead atoms. The number of amides is 1. The first-order valence-corrected chi connectivity index (χ1v) is 11.0. The van der Waals surface area contributed by atoms with E-state index in [1.54, 1.807) is 31.3 Å². The molecule has 1 fully saturated rings. The highest BCUT2D eigenvalue weighted by Gasteiger charge is 2.19. The standard InChI is InChI=1S/C26H27N5O2/c1-18-16-31(13-12-28-18)17-19-6-8-22(9-7-19)30(2)26(33)23-10-11-24(29-25(23)32)21-5-3-4-20(14-21)15-27/h3-11,14,18,28H,12-13,16-17H2,1-2H3,(H,29,32). The molecule has 168 valence electrons. The summed E-state index contributed by atoms with van der Waals surface area (Å²) in [4.78, 5) is 32.3. The molecule has 1 aromatic heterocycles. The van der Waals surface area contributed by atoms with Gasteiger partial charge in [-0.3, -0.25) is 14.5 Å². The molecule has 3 aromatic rings. The molecule has 1 unspecified atom stereocenters. The number of aromatic amines is 1. The molecule has 2 N–H and O–H groups in total. The van der Waals surface area contributed by atoms with Gasteiger partial charge in [0.15, 0.2) is 0 Å². The van der Waals surface area contributed by atoms with Crippen LogP contribution in [0.4, 0.5) is 5.69 Å². The summed E-state index contributed by atoms with van der Waals surface area (Å²) in [7, 11) is 1.67. The van der Waals surface area contributed by atoms with E-state index >= 15 is 0 Å². The fraction of sp³-hybridized carbons (Fsp3) is 0.269. The van der Waals surface area contributed by atoms with Gasteiger partial charge in [-0.05, 0) is 54.4 Å². The second-order valence-electron chi connectivity index (χ2n) is 8.43. The molecule has 2 aromatic carbocycles. The fourth-order valence-electron chi connectivity index (χ4n) is 4.10. The lowest BCUT2D eigenvalue weighted by atomic mass is 10.1. The van der Waals surface area contributed by atoms with Gasteiger partial charge in [0.1, 0.15) is 5.56 Å². The van der Waals surface area contributed by atoms with Crippen molar-refractivity contribution in [2.45, 2.75) is 19.5 Å². The molecule has 4 rings (SSSR count). The Balaban J connectivity index is 1.47. The summed E-state index contributed by atoms with van der Waals surface area (Å²) in [6, 6.07) is 20.6. The smallest absolute Gasteiger partial charge is 0.263 e. The maximum absolute atomic E-state index is 13.0. The molecule has 1 saturated heterocycles. The first-order chi connectivity index (χ1) is 15.9. The molecule has 0 aliphatic carbocycles. The van der Waals surface area contributed by atoms with Gasteiger partial charge in [0.2, 0.25) is 0 Å². The van der Waals surface area contributed by atoms with Crippen molar-refractivity contribution in [3.05, 3.63) is 87.7 Å². The topological polar surface area (TPSA) is 92.2 Å². The zero-order chi connectivity index (χ0) is 23.4. The Hall–Kier alpha value is -3.73. The van der Waals surface area contributed by atoms with Crippen molar-refractivity contribution in [1.82, 2.24) is 15.2 Å². The normalized spacial score (nSPS) is 16.2. The number of rotatable bonds is 5. The largest absolute Gasteiger partial charge is 0.321 e. The van der Waals surface area contributed by atoms with E-state index in [1.807, 2.05) is 30.3 Å². The fourth-order valence-corrected chi connectivity index (χ4v) is 4.10. The van der Waals surface area contributed by atoms with Gasteiger partial charge in [0.25, 0.3) is 11.5 Å². The molecule has 1 aliphatic rings. The van der Waals surface area contributed by atoms with Gasteiger partial charge in [0, 0.05) is 50.6 Å². The second kappa shape index (κ2) is 9.82. The van der Waals surface area contributed by atoms with E-state index in [2.05, 4.69) is 28.2 Å². The van der Waals surface area contributed by atoms with Crippen molar-refractivity contribution in [2.24, 2.45) is 0 Å². The molecular weight excluding hydrogens is 414 g/mol. The molecule has 0 spiro atoms. The van der Waals surface area contributed by atoms with E-state index < -0.39 is 5.56 Å². The Morgan fingerprint density at radius 1 is 1.18 bits per heavy atom. The van der Waals surface area contributed by atoms with Crippen LogP contribution in [0, 0.1) is 11.3 Å². The van der Waals surface area contributed by atoms with Gasteiger partial charge < -0.3 is 15.2 Å². The first kappa shape index (κ1) is 22.5. The summed E-state index contributed by atoms with van der Waals surface area (Å²) >= 11 is 0. The molecule has 1 aliphatic heterocycles. The lowest BCUT2D eigenvalue weighted by Gasteiger charge is -2.31. The number of pyridine rings is 1. The third kappa shape index (κ3) is 5.20. The van der Waals surface area contributed by atoms with E-state index in [0.29, 0.717) is 22.9 Å². The van der Waals surface area contributed by atoms with Crippen LogP contribution < -0.4 is 15.8 Å². The molecule has 7 nitrogen and oxygen atoms in total. The monoisotopic (exact) mass is 441 g/mol. The van der Waals surface area contributed by atoms with Crippen LogP contribution >= 0.6 is 0 Å². The highest BCUT2D eigenvalue weighted by atomic mass is 16.2. The summed E-state index contributed by atoms with van der Waals surface area (Å²) in [5.41, 5.74) is 3.30. The summed E-state index contributed by atoms with van der Waals surface area (Å²) in [6.07, 6.45) is 0. The number of aromatic nitrogens is 1. The highest BCUT2D eigenvalue weighted by Crippen LogP contribution is 2.20. The zero-order valence-corrected chi connectivity index (χ0v) is 18.8. The third-order valence-corrected chi connectivity index (χ3v) is 5.93. The predicted molar refractivity (Wildman–Crippen MR) is 129 cm³/mol. The number of nitrogens with zero attached hydrogens (tertiary/aromatic N) is 3. The molecule has 2 heterocycles. The van der Waals surface area contributed by atoms with Crippen molar-refractivity contribution < 1.29 is 4.79 Å². The molecule has 7 heteroatoms. The molecule has 0 radical (unpaired) electrons. The minimum absolute atomic E-state index is 0.0663. The average molecular weight is 442 g/mol. The Labute approximate surface area is 193 Å². The van der Waals surface area contributed by atoms with Gasteiger partial charge in [-0.15, -0.1) is 0 Å². The van der Waals surface area contributed by atoms with Crippen LogP contribution in [0.5, 0.6) is 0 Å². The van der Waals surface area contributed by atoms with Crippen molar-refractivity contribution >= 4 is 11.6 Å². The highest BCUT2D eigenvalue weighted by molar-refractivity contribution is 6.05. The quantitative estimate of drug-likeness (QED) is 0.635. The summed E-state index contributed by atoms with van der Waals surface area (Å²) in [6.45, 7) is 6.09. The van der Waals surface area contributed by atoms with Crippen LogP contribution in [0.1, 0.15) is 28.4 Å². The number of nitriles is 1. The minimum atomic E-state index is -0.462. The maximum Gasteiger partial charge on any atom is 0.263 e. The van der Waals surface area contributed by atoms with E-state index in [0.717, 1.165) is 31.9 Å². The summed E-state index contributed by atoms with van der Waals surface area (Å²) < 4.78 is 0. The number of H-pyrrole nitrogens is 1. The van der Waals surface area contributed by atoms with Crippen molar-refractivity contribution in [3.8, 4) is 17.3 Å². The number of nitrogens with one attached hydrogen (secondary N) is 2. The predicted octanol–water partition coefficient (Wildman–Crippen LogP) is 2.98. The van der Waals surface area contributed by atoms with Crippen LogP contribution in [0.25, 0.3) is 11.3 Å². The van der Waals surface area contributed by atoms with Crippen LogP contribution in [-0.4, -0.2) is 48.5 Å². The Morgan fingerprint density at radius 3 is 2.67 bits per heavy atom. The summed E-state index contributed by atoms with van der Waals surface area (Å²) in [5, 5.41) is 12.5. The van der Waals surface area contributed by atoms with Crippen molar-refractivity contribution in [2.75, 3.05) is 31.6 Å². The van der Waals surface area contributed by atoms with Gasteiger partial charge >= 0.3 is 0 Å². The third-order valence-electron chi connectivity index (χ3n) is 5.93. The Morgan fingerprint density at radius 2 is 1.97 bits per heavy atom. The average Bonchev–Trinajstić information content (AvgIpc) is 2.83. The molecular formula is C26H27N5O2. The lowest BCUT2D eigenvalue weighted by molar-refractivity contribution is 0.0991. The Kier molecular flexibility index (Phi) is 6.68. The molecule has 1 amide bonds. The minimum Gasteiger partial charge on any atom is -0.321 e. The van der Waals surface area contributed by atoms with E-state index in [1.165, 1.54) is 16.5 Å². The van der Waals surface area contributed by atoms with Crippen molar-refractivity contribution in [3.63, 3.8) is 0 Å². The second-order valence-corrected chi connectivity index (χ2v) is 8.43. The summed E-state index contributed by atoms with van der Waals surface area (Å²) in [5.74, 6) is -0.378. The Bertz CT molecular complexity index is 1240. The molecule has 33 heavy (non-hydrogen) atoms. The number of carbonyl (C=O) groups excluding carboxylic acids is 1. The number of hydrogen-bond acceptors (Lipinski definition) is 5. The van der Waals surface area contributed by atoms with E-state index in [4.69, 9.17) is 5.26 Å². The van der Waals surface area contributed by atoms with Gasteiger partial charge in [-0.2, -0.15) is 5.26 Å². The van der Waals surface area contributed by atoms with Gasteiger partial charge in [-0.1, -0.05) is 24.3 Å². The van der Waals surface area contributed by atoms with E-state index in [-0.39, 0.29) is 11.5 Å². The molecule has 1 atom stereocenters. The number of benzene rings is 2. The number of carbonyl (C=O) groups is 1. The van der Waals surface area contributed by atoms with Crippen LogP contribution in [-0.2, 0) is 6.54 Å². The van der Waals surface area contributed by atoms with Crippen molar-refractivity contribution in [1.29, 1.82) is 5.26 Å². The number of piperazine rings is 1. The SMILES string of the molecule is CC1CN(Cc2ccc(N(C)C(=O)c3ccc(-c4cccc(C#N)c4)[nH]c3=O)cc2)CCN1. The van der Waals surface area contributed by atoms with Crippen LogP contribution in [0.3, 0.4) is 0 Å². The number of hydrogen-bond donors (Lipinski definition) is 2. The van der Waals surface area contributed by atoms with Crippen LogP contribution in [0.2, 0.25) is 0 Å².